The molecule has 7 nitrogen and oxygen atoms in total. The van der Waals surface area contributed by atoms with Gasteiger partial charge >= 0.3 is 6.03 Å². The van der Waals surface area contributed by atoms with E-state index in [1.165, 1.54) is 0 Å². The maximum atomic E-state index is 11.9. The lowest BCUT2D eigenvalue weighted by atomic mass is 10.2. The van der Waals surface area contributed by atoms with Gasteiger partial charge in [0.1, 0.15) is 6.54 Å². The predicted octanol–water partition coefficient (Wildman–Crippen LogP) is -1.48. The minimum absolute atomic E-state index is 0.0461. The number of nitrogens with zero attached hydrogens (tertiary/aromatic N) is 2. The molecule has 2 saturated heterocycles. The highest BCUT2D eigenvalue weighted by Gasteiger charge is 2.34. The van der Waals surface area contributed by atoms with E-state index in [-0.39, 0.29) is 37.6 Å². The standard InChI is InChI=1S/C10H15N3O4/c14-6-7-2-1-3-12(7)9(16)5-13-8(15)4-11-10(13)17/h7,14H,1-6H2,(H,11,17)/t7-/m1/s1. The smallest absolute Gasteiger partial charge is 0.325 e. The van der Waals surface area contributed by atoms with E-state index in [4.69, 9.17) is 5.11 Å². The first-order valence-electron chi connectivity index (χ1n) is 5.62. The first-order valence-corrected chi connectivity index (χ1v) is 5.62. The molecule has 0 aliphatic carbocycles. The topological polar surface area (TPSA) is 90.0 Å². The van der Waals surface area contributed by atoms with Crippen LogP contribution in [0.25, 0.3) is 0 Å². The van der Waals surface area contributed by atoms with E-state index in [0.29, 0.717) is 6.54 Å². The molecular formula is C10H15N3O4. The van der Waals surface area contributed by atoms with Crippen LogP contribution >= 0.6 is 0 Å². The Morgan fingerprint density at radius 3 is 2.82 bits per heavy atom. The number of imide groups is 1. The Hall–Kier alpha value is -1.63. The molecule has 2 aliphatic rings. The van der Waals surface area contributed by atoms with E-state index in [2.05, 4.69) is 5.32 Å². The molecule has 0 unspecified atom stereocenters. The van der Waals surface area contributed by atoms with Crippen molar-refractivity contribution in [2.45, 2.75) is 18.9 Å². The van der Waals surface area contributed by atoms with Crippen molar-refractivity contribution in [1.29, 1.82) is 0 Å². The van der Waals surface area contributed by atoms with E-state index in [1.54, 1.807) is 4.90 Å². The molecule has 4 amide bonds. The summed E-state index contributed by atoms with van der Waals surface area (Å²) >= 11 is 0. The summed E-state index contributed by atoms with van der Waals surface area (Å²) in [6, 6.07) is -0.702. The molecule has 0 radical (unpaired) electrons. The fourth-order valence-electron chi connectivity index (χ4n) is 2.20. The summed E-state index contributed by atoms with van der Waals surface area (Å²) in [6.07, 6.45) is 1.61. The summed E-state index contributed by atoms with van der Waals surface area (Å²) in [5, 5.41) is 11.5. The quantitative estimate of drug-likeness (QED) is 0.590. The van der Waals surface area contributed by atoms with Gasteiger partial charge in [0.05, 0.1) is 19.2 Å². The Labute approximate surface area is 98.4 Å². The maximum absolute atomic E-state index is 11.9. The molecular weight excluding hydrogens is 226 g/mol. The van der Waals surface area contributed by atoms with Crippen molar-refractivity contribution in [1.82, 2.24) is 15.1 Å². The minimum atomic E-state index is -0.525. The number of carbonyl (C=O) groups excluding carboxylic acids is 3. The second-order valence-corrected chi connectivity index (χ2v) is 4.20. The number of aliphatic hydroxyl groups excluding tert-OH is 1. The Balaban J connectivity index is 1.97. The zero-order chi connectivity index (χ0) is 12.4. The third kappa shape index (κ3) is 2.23. The molecule has 7 heteroatoms. The van der Waals surface area contributed by atoms with Crippen LogP contribution in [0.1, 0.15) is 12.8 Å². The Kier molecular flexibility index (Phi) is 3.28. The highest BCUT2D eigenvalue weighted by molar-refractivity contribution is 6.04. The van der Waals surface area contributed by atoms with E-state index < -0.39 is 6.03 Å². The molecule has 0 aromatic heterocycles. The second kappa shape index (κ2) is 4.70. The number of likely N-dealkylation sites (tertiary alicyclic amines) is 1. The Bertz CT molecular complexity index is 341. The van der Waals surface area contributed by atoms with Crippen molar-refractivity contribution in [3.05, 3.63) is 0 Å². The largest absolute Gasteiger partial charge is 0.394 e. The predicted molar refractivity (Wildman–Crippen MR) is 56.9 cm³/mol. The van der Waals surface area contributed by atoms with E-state index in [1.807, 2.05) is 0 Å². The average molecular weight is 241 g/mol. The molecule has 0 saturated carbocycles. The SMILES string of the molecule is O=C1CNC(=O)N1CC(=O)N1CCC[C@@H]1CO. The number of hydrogen-bond acceptors (Lipinski definition) is 4. The molecule has 2 heterocycles. The van der Waals surface area contributed by atoms with Crippen LogP contribution < -0.4 is 5.32 Å². The number of urea groups is 1. The van der Waals surface area contributed by atoms with Crippen LogP contribution in [0.4, 0.5) is 4.79 Å². The van der Waals surface area contributed by atoms with Gasteiger partial charge in [-0.1, -0.05) is 0 Å². The molecule has 0 aromatic rings. The third-order valence-electron chi connectivity index (χ3n) is 3.14. The molecule has 2 aliphatic heterocycles. The summed E-state index contributed by atoms with van der Waals surface area (Å²) < 4.78 is 0. The van der Waals surface area contributed by atoms with Crippen molar-refractivity contribution in [3.8, 4) is 0 Å². The van der Waals surface area contributed by atoms with Crippen LogP contribution in [0.3, 0.4) is 0 Å². The molecule has 17 heavy (non-hydrogen) atoms. The molecule has 0 bridgehead atoms. The van der Waals surface area contributed by atoms with E-state index >= 15 is 0 Å². The van der Waals surface area contributed by atoms with Gasteiger partial charge in [0.25, 0.3) is 5.91 Å². The lowest BCUT2D eigenvalue weighted by molar-refractivity contribution is -0.137. The second-order valence-electron chi connectivity index (χ2n) is 4.20. The summed E-state index contributed by atoms with van der Waals surface area (Å²) in [4.78, 5) is 36.9. The number of carbonyl (C=O) groups is 3. The van der Waals surface area contributed by atoms with Crippen LogP contribution in [-0.4, -0.2) is 65.0 Å². The number of hydrogen-bond donors (Lipinski definition) is 2. The van der Waals surface area contributed by atoms with Gasteiger partial charge in [-0.05, 0) is 12.8 Å². The van der Waals surface area contributed by atoms with Crippen LogP contribution in [0.5, 0.6) is 0 Å². The summed E-state index contributed by atoms with van der Waals surface area (Å²) in [6.45, 7) is 0.219. The van der Waals surface area contributed by atoms with Crippen LogP contribution in [0.2, 0.25) is 0 Å². The van der Waals surface area contributed by atoms with Crippen LogP contribution in [0, 0.1) is 0 Å². The fraction of sp³-hybridized carbons (Fsp3) is 0.700. The van der Waals surface area contributed by atoms with Crippen molar-refractivity contribution >= 4 is 17.8 Å². The van der Waals surface area contributed by atoms with Gasteiger partial charge in [-0.2, -0.15) is 0 Å². The van der Waals surface area contributed by atoms with E-state index in [0.717, 1.165) is 17.7 Å². The third-order valence-corrected chi connectivity index (χ3v) is 3.14. The summed E-state index contributed by atoms with van der Waals surface area (Å²) in [7, 11) is 0. The number of nitrogens with one attached hydrogen (secondary N) is 1. The molecule has 0 spiro atoms. The van der Waals surface area contributed by atoms with Crippen LogP contribution in [0.15, 0.2) is 0 Å². The van der Waals surface area contributed by atoms with E-state index in [9.17, 15) is 14.4 Å². The lowest BCUT2D eigenvalue weighted by Crippen LogP contribution is -2.45. The highest BCUT2D eigenvalue weighted by Crippen LogP contribution is 2.17. The van der Waals surface area contributed by atoms with Crippen LogP contribution in [-0.2, 0) is 9.59 Å². The molecule has 0 aromatic carbocycles. The van der Waals surface area contributed by atoms with Gasteiger partial charge in [-0.25, -0.2) is 4.79 Å². The number of aliphatic hydroxyl groups is 1. The van der Waals surface area contributed by atoms with Gasteiger partial charge in [-0.3, -0.25) is 14.5 Å². The Morgan fingerprint density at radius 2 is 2.24 bits per heavy atom. The molecule has 94 valence electrons. The monoisotopic (exact) mass is 241 g/mol. The first-order chi connectivity index (χ1) is 8.13. The molecule has 2 rings (SSSR count). The van der Waals surface area contributed by atoms with Gasteiger partial charge in [0.15, 0.2) is 0 Å². The zero-order valence-electron chi connectivity index (χ0n) is 9.39. The highest BCUT2D eigenvalue weighted by atomic mass is 16.3. The number of rotatable bonds is 3. The maximum Gasteiger partial charge on any atom is 0.325 e. The van der Waals surface area contributed by atoms with Crippen molar-refractivity contribution in [2.24, 2.45) is 0 Å². The fourth-order valence-corrected chi connectivity index (χ4v) is 2.20. The van der Waals surface area contributed by atoms with Gasteiger partial charge in [-0.15, -0.1) is 0 Å². The molecule has 2 fully saturated rings. The summed E-state index contributed by atoms with van der Waals surface area (Å²) in [5.74, 6) is -0.671. The number of amides is 4. The first kappa shape index (κ1) is 11.8. The van der Waals surface area contributed by atoms with Crippen molar-refractivity contribution < 1.29 is 19.5 Å². The molecule has 1 atom stereocenters. The van der Waals surface area contributed by atoms with Gasteiger partial charge < -0.3 is 15.3 Å². The summed E-state index contributed by atoms with van der Waals surface area (Å²) in [5.41, 5.74) is 0. The average Bonchev–Trinajstić information content (AvgIpc) is 2.90. The van der Waals surface area contributed by atoms with Gasteiger partial charge in [0.2, 0.25) is 5.91 Å². The zero-order valence-corrected chi connectivity index (χ0v) is 9.39. The molecule has 2 N–H and O–H groups in total. The Morgan fingerprint density at radius 1 is 1.47 bits per heavy atom. The van der Waals surface area contributed by atoms with Crippen molar-refractivity contribution in [2.75, 3.05) is 26.2 Å². The normalized spacial score (nSPS) is 24.4. The lowest BCUT2D eigenvalue weighted by Gasteiger charge is -2.24. The minimum Gasteiger partial charge on any atom is -0.394 e. The van der Waals surface area contributed by atoms with Crippen molar-refractivity contribution in [3.63, 3.8) is 0 Å². The van der Waals surface area contributed by atoms with Gasteiger partial charge in [0, 0.05) is 6.54 Å².